The third-order valence-corrected chi connectivity index (χ3v) is 5.03. The topological polar surface area (TPSA) is 17.1 Å². The predicted octanol–water partition coefficient (Wildman–Crippen LogP) is 2.65. The molecular formula is C11H18O. The molecule has 0 radical (unpaired) electrons. The fourth-order valence-electron chi connectivity index (χ4n) is 3.47. The highest BCUT2D eigenvalue weighted by atomic mass is 16.1. The van der Waals surface area contributed by atoms with E-state index in [0.717, 1.165) is 12.3 Å². The lowest BCUT2D eigenvalue weighted by Gasteiger charge is -2.37. The van der Waals surface area contributed by atoms with Crippen LogP contribution in [-0.4, -0.2) is 6.29 Å². The zero-order valence-corrected chi connectivity index (χ0v) is 8.26. The van der Waals surface area contributed by atoms with Crippen molar-refractivity contribution in [2.75, 3.05) is 0 Å². The third kappa shape index (κ3) is 0.681. The monoisotopic (exact) mass is 166 g/mol. The van der Waals surface area contributed by atoms with Crippen LogP contribution in [0, 0.1) is 22.7 Å². The maximum Gasteiger partial charge on any atom is 0.123 e. The molecule has 2 bridgehead atoms. The van der Waals surface area contributed by atoms with E-state index in [1.165, 1.54) is 19.1 Å². The number of aldehydes is 1. The van der Waals surface area contributed by atoms with E-state index in [1.54, 1.807) is 0 Å². The van der Waals surface area contributed by atoms with Gasteiger partial charge in [-0.15, -0.1) is 0 Å². The second-order valence-electron chi connectivity index (χ2n) is 5.35. The van der Waals surface area contributed by atoms with Crippen LogP contribution in [0.25, 0.3) is 0 Å². The van der Waals surface area contributed by atoms with Crippen LogP contribution in [0.2, 0.25) is 0 Å². The molecule has 3 atom stereocenters. The first-order valence-corrected chi connectivity index (χ1v) is 4.97. The van der Waals surface area contributed by atoms with Gasteiger partial charge in [0.1, 0.15) is 6.29 Å². The Hall–Kier alpha value is -0.330. The van der Waals surface area contributed by atoms with Crippen molar-refractivity contribution < 1.29 is 4.79 Å². The van der Waals surface area contributed by atoms with E-state index in [9.17, 15) is 4.79 Å². The molecule has 0 N–H and O–H groups in total. The molecule has 0 saturated heterocycles. The highest BCUT2D eigenvalue weighted by molar-refractivity contribution is 5.57. The van der Waals surface area contributed by atoms with Gasteiger partial charge in [0.25, 0.3) is 0 Å². The second kappa shape index (κ2) is 2.12. The van der Waals surface area contributed by atoms with Crippen LogP contribution < -0.4 is 0 Å². The molecule has 0 amide bonds. The van der Waals surface area contributed by atoms with E-state index in [2.05, 4.69) is 20.8 Å². The van der Waals surface area contributed by atoms with Crippen LogP contribution in [-0.2, 0) is 4.79 Å². The maximum atomic E-state index is 10.9. The van der Waals surface area contributed by atoms with Gasteiger partial charge in [-0.3, -0.25) is 0 Å². The van der Waals surface area contributed by atoms with E-state index >= 15 is 0 Å². The summed E-state index contributed by atoms with van der Waals surface area (Å²) in [7, 11) is 0. The Morgan fingerprint density at radius 2 is 2.00 bits per heavy atom. The summed E-state index contributed by atoms with van der Waals surface area (Å²) in [6.07, 6.45) is 4.94. The van der Waals surface area contributed by atoms with Crippen molar-refractivity contribution in [3.05, 3.63) is 0 Å². The van der Waals surface area contributed by atoms with Crippen LogP contribution in [0.4, 0.5) is 0 Å². The van der Waals surface area contributed by atoms with Gasteiger partial charge in [-0.1, -0.05) is 20.8 Å². The standard InChI is InChI=1S/C11H18O/c1-10(2)8-4-5-11(10,3)9(6-8)7-12/h7-9H,4-6H2,1-3H3/t8?,9-,11?/m1/s1. The van der Waals surface area contributed by atoms with E-state index in [4.69, 9.17) is 0 Å². The van der Waals surface area contributed by atoms with Gasteiger partial charge in [0.15, 0.2) is 0 Å². The molecule has 0 heterocycles. The number of hydrogen-bond acceptors (Lipinski definition) is 1. The van der Waals surface area contributed by atoms with Gasteiger partial charge < -0.3 is 4.79 Å². The minimum absolute atomic E-state index is 0.305. The molecule has 12 heavy (non-hydrogen) atoms. The molecule has 0 aromatic heterocycles. The Labute approximate surface area is 74.5 Å². The summed E-state index contributed by atoms with van der Waals surface area (Å²) in [5.74, 6) is 1.14. The third-order valence-electron chi connectivity index (χ3n) is 5.03. The summed E-state index contributed by atoms with van der Waals surface area (Å²) in [6.45, 7) is 6.99. The molecule has 2 saturated carbocycles. The number of hydrogen-bond donors (Lipinski definition) is 0. The number of carbonyl (C=O) groups excluding carboxylic acids is 1. The van der Waals surface area contributed by atoms with Crippen molar-refractivity contribution in [1.29, 1.82) is 0 Å². The first-order valence-electron chi connectivity index (χ1n) is 4.97. The predicted molar refractivity (Wildman–Crippen MR) is 48.8 cm³/mol. The molecular weight excluding hydrogens is 148 g/mol. The summed E-state index contributed by atoms with van der Waals surface area (Å²) in [5.41, 5.74) is 0.706. The zero-order valence-electron chi connectivity index (χ0n) is 8.26. The lowest BCUT2D eigenvalue weighted by molar-refractivity contribution is -0.115. The van der Waals surface area contributed by atoms with E-state index in [1.807, 2.05) is 0 Å². The molecule has 1 nitrogen and oxygen atoms in total. The second-order valence-corrected chi connectivity index (χ2v) is 5.35. The van der Waals surface area contributed by atoms with Gasteiger partial charge in [-0.25, -0.2) is 0 Å². The average Bonchev–Trinajstić information content (AvgIpc) is 2.34. The van der Waals surface area contributed by atoms with Gasteiger partial charge in [0.2, 0.25) is 0 Å². The SMILES string of the molecule is CC1(C)C2CCC1(C)[C@@H](C=O)C2. The largest absolute Gasteiger partial charge is 0.303 e. The maximum absolute atomic E-state index is 10.9. The van der Waals surface area contributed by atoms with E-state index in [0.29, 0.717) is 16.7 Å². The highest BCUT2D eigenvalue weighted by Gasteiger charge is 2.60. The molecule has 0 aromatic rings. The van der Waals surface area contributed by atoms with Gasteiger partial charge >= 0.3 is 0 Å². The van der Waals surface area contributed by atoms with Gasteiger partial charge in [-0.2, -0.15) is 0 Å². The Balaban J connectivity index is 2.39. The average molecular weight is 166 g/mol. The van der Waals surface area contributed by atoms with Crippen molar-refractivity contribution >= 4 is 6.29 Å². The number of fused-ring (bicyclic) bond motifs is 2. The summed E-state index contributed by atoms with van der Waals surface area (Å²) in [4.78, 5) is 10.9. The van der Waals surface area contributed by atoms with Crippen LogP contribution in [0.5, 0.6) is 0 Å². The highest BCUT2D eigenvalue weighted by Crippen LogP contribution is 2.67. The minimum atomic E-state index is 0.305. The first kappa shape index (κ1) is 8.28. The summed E-state index contributed by atoms with van der Waals surface area (Å²) in [6, 6.07) is 0. The van der Waals surface area contributed by atoms with Gasteiger partial charge in [0.05, 0.1) is 0 Å². The van der Waals surface area contributed by atoms with Crippen LogP contribution in [0.1, 0.15) is 40.0 Å². The fraction of sp³-hybridized carbons (Fsp3) is 0.909. The smallest absolute Gasteiger partial charge is 0.123 e. The van der Waals surface area contributed by atoms with Crippen LogP contribution in [0.15, 0.2) is 0 Å². The molecule has 2 fully saturated rings. The molecule has 2 aliphatic carbocycles. The molecule has 0 aliphatic heterocycles. The summed E-state index contributed by atoms with van der Waals surface area (Å²) < 4.78 is 0. The zero-order chi connectivity index (χ0) is 8.98. The molecule has 2 unspecified atom stereocenters. The quantitative estimate of drug-likeness (QED) is 0.547. The molecule has 0 spiro atoms. The number of carbonyl (C=O) groups is 1. The molecule has 0 aromatic carbocycles. The fourth-order valence-corrected chi connectivity index (χ4v) is 3.47. The Morgan fingerprint density at radius 3 is 2.25 bits per heavy atom. The van der Waals surface area contributed by atoms with E-state index in [-0.39, 0.29) is 0 Å². The first-order chi connectivity index (χ1) is 5.52. The van der Waals surface area contributed by atoms with Crippen molar-refractivity contribution in [3.63, 3.8) is 0 Å². The van der Waals surface area contributed by atoms with E-state index < -0.39 is 0 Å². The van der Waals surface area contributed by atoms with Crippen molar-refractivity contribution in [2.45, 2.75) is 40.0 Å². The summed E-state index contributed by atoms with van der Waals surface area (Å²) >= 11 is 0. The molecule has 2 aliphatic rings. The molecule has 68 valence electrons. The normalized spacial score (nSPS) is 49.6. The Bertz CT molecular complexity index is 219. The lowest BCUT2D eigenvalue weighted by Crippen LogP contribution is -2.32. The summed E-state index contributed by atoms with van der Waals surface area (Å²) in [5, 5.41) is 0. The Morgan fingerprint density at radius 1 is 1.33 bits per heavy atom. The van der Waals surface area contributed by atoms with Gasteiger partial charge in [-0.05, 0) is 36.0 Å². The molecule has 1 heteroatoms. The Kier molecular flexibility index (Phi) is 1.47. The lowest BCUT2D eigenvalue weighted by atomic mass is 9.67. The molecule has 2 rings (SSSR count). The van der Waals surface area contributed by atoms with Crippen molar-refractivity contribution in [1.82, 2.24) is 0 Å². The van der Waals surface area contributed by atoms with Crippen LogP contribution in [0.3, 0.4) is 0 Å². The number of rotatable bonds is 1. The van der Waals surface area contributed by atoms with Crippen molar-refractivity contribution in [3.8, 4) is 0 Å². The van der Waals surface area contributed by atoms with Crippen LogP contribution >= 0.6 is 0 Å². The minimum Gasteiger partial charge on any atom is -0.303 e. The van der Waals surface area contributed by atoms with Crippen molar-refractivity contribution in [2.24, 2.45) is 22.7 Å². The van der Waals surface area contributed by atoms with Gasteiger partial charge in [0, 0.05) is 5.92 Å².